The van der Waals surface area contributed by atoms with Gasteiger partial charge in [0.2, 0.25) is 0 Å². The van der Waals surface area contributed by atoms with E-state index in [1.807, 2.05) is 19.9 Å². The first-order chi connectivity index (χ1) is 8.00. The molecule has 0 bridgehead atoms. The number of benzene rings is 1. The van der Waals surface area contributed by atoms with Crippen LogP contribution in [0.15, 0.2) is 12.1 Å². The van der Waals surface area contributed by atoms with E-state index < -0.39 is 0 Å². The highest BCUT2D eigenvalue weighted by molar-refractivity contribution is 5.52. The van der Waals surface area contributed by atoms with Gasteiger partial charge >= 0.3 is 0 Å². The maximum absolute atomic E-state index is 9.50. The predicted molar refractivity (Wildman–Crippen MR) is 69.0 cm³/mol. The van der Waals surface area contributed by atoms with Crippen LogP contribution in [0, 0.1) is 0 Å². The summed E-state index contributed by atoms with van der Waals surface area (Å²) >= 11 is 0. The zero-order chi connectivity index (χ0) is 13.1. The lowest BCUT2D eigenvalue weighted by atomic mass is 9.83. The molecular weight excluding hydrogens is 216 g/mol. The summed E-state index contributed by atoms with van der Waals surface area (Å²) in [6, 6.07) is 4.06. The Balaban J connectivity index is 3.44. The molecule has 0 heterocycles. The summed E-state index contributed by atoms with van der Waals surface area (Å²) in [5.74, 6) is 1.44. The molecule has 0 saturated heterocycles. The Kier molecular flexibility index (Phi) is 4.40. The zero-order valence-corrected chi connectivity index (χ0v) is 11.3. The summed E-state index contributed by atoms with van der Waals surface area (Å²) in [4.78, 5) is 0. The molecule has 17 heavy (non-hydrogen) atoms. The van der Waals surface area contributed by atoms with E-state index in [9.17, 15) is 5.11 Å². The second-order valence-corrected chi connectivity index (χ2v) is 4.77. The lowest BCUT2D eigenvalue weighted by molar-refractivity contribution is 0.213. The molecule has 0 fully saturated rings. The molecule has 1 aromatic rings. The molecule has 0 radical (unpaired) electrons. The van der Waals surface area contributed by atoms with Crippen molar-refractivity contribution in [3.8, 4) is 11.5 Å². The van der Waals surface area contributed by atoms with Gasteiger partial charge in [0.25, 0.3) is 0 Å². The Morgan fingerprint density at radius 2 is 1.82 bits per heavy atom. The van der Waals surface area contributed by atoms with E-state index >= 15 is 0 Å². The highest BCUT2D eigenvalue weighted by Crippen LogP contribution is 2.39. The van der Waals surface area contributed by atoms with Crippen LogP contribution in [0.2, 0.25) is 0 Å². The maximum atomic E-state index is 9.50. The molecule has 0 atom stereocenters. The van der Waals surface area contributed by atoms with Crippen molar-refractivity contribution in [2.75, 3.05) is 20.8 Å². The van der Waals surface area contributed by atoms with Crippen molar-refractivity contribution in [3.05, 3.63) is 23.3 Å². The number of hydrogen-bond acceptors (Lipinski definition) is 3. The van der Waals surface area contributed by atoms with Gasteiger partial charge in [0.15, 0.2) is 11.5 Å². The van der Waals surface area contributed by atoms with Crippen molar-refractivity contribution < 1.29 is 14.6 Å². The van der Waals surface area contributed by atoms with E-state index in [4.69, 9.17) is 9.47 Å². The largest absolute Gasteiger partial charge is 0.493 e. The highest BCUT2D eigenvalue weighted by Gasteiger charge is 2.26. The summed E-state index contributed by atoms with van der Waals surface area (Å²) in [5.41, 5.74) is 1.82. The minimum absolute atomic E-state index is 0.0691. The van der Waals surface area contributed by atoms with Crippen molar-refractivity contribution in [1.29, 1.82) is 0 Å². The Hall–Kier alpha value is -1.22. The van der Waals surface area contributed by atoms with Gasteiger partial charge in [0.1, 0.15) is 0 Å². The number of rotatable bonds is 5. The van der Waals surface area contributed by atoms with Crippen molar-refractivity contribution in [2.45, 2.75) is 32.6 Å². The first-order valence-electron chi connectivity index (χ1n) is 5.86. The van der Waals surface area contributed by atoms with Crippen molar-refractivity contribution >= 4 is 0 Å². The molecule has 0 amide bonds. The number of aliphatic hydroxyl groups is 1. The van der Waals surface area contributed by atoms with Crippen LogP contribution in [0.3, 0.4) is 0 Å². The second kappa shape index (κ2) is 5.41. The first-order valence-corrected chi connectivity index (χ1v) is 5.86. The molecule has 0 aliphatic rings. The Morgan fingerprint density at radius 1 is 1.18 bits per heavy atom. The average Bonchev–Trinajstić information content (AvgIpc) is 2.36. The zero-order valence-electron chi connectivity index (χ0n) is 11.3. The fourth-order valence-corrected chi connectivity index (χ4v) is 1.81. The molecule has 0 saturated carbocycles. The highest BCUT2D eigenvalue weighted by atomic mass is 16.5. The molecule has 1 N–H and O–H groups in total. The Bertz CT molecular complexity index is 383. The molecule has 1 aromatic carbocycles. The molecule has 0 unspecified atom stereocenters. The van der Waals surface area contributed by atoms with Crippen molar-refractivity contribution in [1.82, 2.24) is 0 Å². The standard InChI is InChI=1S/C14H22O3/c1-6-10-7-11(14(2,3)9-15)13(17-5)12(8-10)16-4/h7-8,15H,6,9H2,1-5H3. The topological polar surface area (TPSA) is 38.7 Å². The molecule has 0 spiro atoms. The third-order valence-corrected chi connectivity index (χ3v) is 3.07. The van der Waals surface area contributed by atoms with E-state index in [1.165, 1.54) is 5.56 Å². The van der Waals surface area contributed by atoms with Crippen LogP contribution in [0.1, 0.15) is 31.9 Å². The van der Waals surface area contributed by atoms with Crippen LogP contribution in [0.5, 0.6) is 11.5 Å². The van der Waals surface area contributed by atoms with Gasteiger partial charge in [-0.25, -0.2) is 0 Å². The molecule has 3 nitrogen and oxygen atoms in total. The van der Waals surface area contributed by atoms with Gasteiger partial charge in [0.05, 0.1) is 20.8 Å². The third kappa shape index (κ3) is 2.72. The summed E-state index contributed by atoms with van der Waals surface area (Å²) in [5, 5.41) is 9.50. The van der Waals surface area contributed by atoms with E-state index in [0.717, 1.165) is 17.7 Å². The summed E-state index contributed by atoms with van der Waals surface area (Å²) in [6.45, 7) is 6.14. The van der Waals surface area contributed by atoms with Gasteiger partial charge in [-0.05, 0) is 18.1 Å². The predicted octanol–water partition coefficient (Wildman–Crippen LogP) is 2.54. The number of aryl methyl sites for hydroxylation is 1. The minimum Gasteiger partial charge on any atom is -0.493 e. The van der Waals surface area contributed by atoms with Gasteiger partial charge in [-0.2, -0.15) is 0 Å². The molecule has 0 aliphatic heterocycles. The van der Waals surface area contributed by atoms with Crippen LogP contribution >= 0.6 is 0 Å². The van der Waals surface area contributed by atoms with E-state index in [-0.39, 0.29) is 12.0 Å². The molecule has 0 aromatic heterocycles. The lowest BCUT2D eigenvalue weighted by Crippen LogP contribution is -2.23. The Labute approximate surface area is 103 Å². The quantitative estimate of drug-likeness (QED) is 0.856. The fraction of sp³-hybridized carbons (Fsp3) is 0.571. The van der Waals surface area contributed by atoms with Crippen molar-refractivity contribution in [2.24, 2.45) is 0 Å². The van der Waals surface area contributed by atoms with Gasteiger partial charge in [0, 0.05) is 11.0 Å². The van der Waals surface area contributed by atoms with Gasteiger partial charge in [-0.15, -0.1) is 0 Å². The number of ether oxygens (including phenoxy) is 2. The normalized spacial score (nSPS) is 11.4. The first kappa shape index (κ1) is 13.8. The van der Waals surface area contributed by atoms with Gasteiger partial charge in [-0.1, -0.05) is 26.8 Å². The summed E-state index contributed by atoms with van der Waals surface area (Å²) in [6.07, 6.45) is 0.925. The number of methoxy groups -OCH3 is 2. The molecule has 96 valence electrons. The Morgan fingerprint density at radius 3 is 2.24 bits per heavy atom. The third-order valence-electron chi connectivity index (χ3n) is 3.07. The smallest absolute Gasteiger partial charge is 0.164 e. The molecular formula is C14H22O3. The van der Waals surface area contributed by atoms with Crippen LogP contribution in [0.4, 0.5) is 0 Å². The average molecular weight is 238 g/mol. The van der Waals surface area contributed by atoms with Crippen LogP contribution in [-0.4, -0.2) is 25.9 Å². The van der Waals surface area contributed by atoms with Crippen LogP contribution in [0.25, 0.3) is 0 Å². The number of hydrogen-bond donors (Lipinski definition) is 1. The number of aliphatic hydroxyl groups excluding tert-OH is 1. The summed E-state index contributed by atoms with van der Waals surface area (Å²) in [7, 11) is 3.26. The van der Waals surface area contributed by atoms with Crippen LogP contribution < -0.4 is 9.47 Å². The van der Waals surface area contributed by atoms with E-state index in [2.05, 4.69) is 13.0 Å². The summed E-state index contributed by atoms with van der Waals surface area (Å²) < 4.78 is 10.8. The van der Waals surface area contributed by atoms with E-state index in [0.29, 0.717) is 5.75 Å². The van der Waals surface area contributed by atoms with Gasteiger partial charge in [-0.3, -0.25) is 0 Å². The molecule has 1 rings (SSSR count). The maximum Gasteiger partial charge on any atom is 0.164 e. The monoisotopic (exact) mass is 238 g/mol. The van der Waals surface area contributed by atoms with Crippen molar-refractivity contribution in [3.63, 3.8) is 0 Å². The molecule has 3 heteroatoms. The SMILES string of the molecule is CCc1cc(OC)c(OC)c(C(C)(C)CO)c1. The fourth-order valence-electron chi connectivity index (χ4n) is 1.81. The van der Waals surface area contributed by atoms with E-state index in [1.54, 1.807) is 14.2 Å². The van der Waals surface area contributed by atoms with Crippen LogP contribution in [-0.2, 0) is 11.8 Å². The lowest BCUT2D eigenvalue weighted by Gasteiger charge is -2.26. The minimum atomic E-state index is -0.343. The molecule has 0 aliphatic carbocycles. The van der Waals surface area contributed by atoms with Gasteiger partial charge < -0.3 is 14.6 Å². The second-order valence-electron chi connectivity index (χ2n) is 4.77.